The van der Waals surface area contributed by atoms with Gasteiger partial charge in [-0.25, -0.2) is 0 Å². The van der Waals surface area contributed by atoms with Crippen LogP contribution in [0.1, 0.15) is 19.3 Å². The van der Waals surface area contributed by atoms with E-state index in [-0.39, 0.29) is 10.6 Å². The van der Waals surface area contributed by atoms with E-state index in [0.717, 1.165) is 35.1 Å². The van der Waals surface area contributed by atoms with Gasteiger partial charge in [0.15, 0.2) is 0 Å². The fraction of sp³-hybridized carbons (Fsp3) is 0.538. The summed E-state index contributed by atoms with van der Waals surface area (Å²) in [6.45, 7) is 1.95. The lowest BCUT2D eigenvalue weighted by Crippen LogP contribution is -2.21. The van der Waals surface area contributed by atoms with E-state index in [2.05, 4.69) is 20.8 Å². The lowest BCUT2D eigenvalue weighted by molar-refractivity contribution is -0.384. The number of anilines is 1. The van der Waals surface area contributed by atoms with Gasteiger partial charge >= 0.3 is 0 Å². The number of rotatable bonds is 2. The number of fused-ring (bicyclic) bond motifs is 1. The summed E-state index contributed by atoms with van der Waals surface area (Å²) in [5.74, 6) is 1.48. The van der Waals surface area contributed by atoms with Crippen molar-refractivity contribution in [1.82, 2.24) is 0 Å². The highest BCUT2D eigenvalue weighted by atomic mass is 79.9. The minimum atomic E-state index is -0.282. The Bertz CT molecular complexity index is 480. The van der Waals surface area contributed by atoms with Crippen LogP contribution in [0.4, 0.5) is 11.4 Å². The topological polar surface area (TPSA) is 46.4 Å². The number of hydrogen-bond acceptors (Lipinski definition) is 3. The number of nitro benzene ring substituents is 1. The van der Waals surface area contributed by atoms with Crippen molar-refractivity contribution in [2.75, 3.05) is 18.0 Å². The Morgan fingerprint density at radius 2 is 1.94 bits per heavy atom. The molecule has 2 aliphatic rings. The first-order valence-electron chi connectivity index (χ1n) is 6.34. The van der Waals surface area contributed by atoms with E-state index in [1.165, 1.54) is 19.3 Å². The summed E-state index contributed by atoms with van der Waals surface area (Å²) in [6.07, 6.45) is 3.88. The highest BCUT2D eigenvalue weighted by molar-refractivity contribution is 9.10. The maximum absolute atomic E-state index is 11.1. The van der Waals surface area contributed by atoms with Crippen molar-refractivity contribution in [2.45, 2.75) is 19.3 Å². The molecule has 1 aliphatic heterocycles. The third kappa shape index (κ3) is 2.00. The normalized spacial score (nSPS) is 26.4. The standard InChI is InChI=1S/C13H15BrN2O2/c14-11-4-5-12(16(17)18)13(6-11)15-7-9-2-1-3-10(9)8-15/h4-6,9-10H,1-3,7-8H2. The number of benzene rings is 1. The van der Waals surface area contributed by atoms with Crippen molar-refractivity contribution in [3.63, 3.8) is 0 Å². The quantitative estimate of drug-likeness (QED) is 0.619. The first-order valence-corrected chi connectivity index (χ1v) is 7.13. The van der Waals surface area contributed by atoms with Crippen molar-refractivity contribution in [3.05, 3.63) is 32.8 Å². The first-order chi connectivity index (χ1) is 8.65. The lowest BCUT2D eigenvalue weighted by atomic mass is 10.0. The zero-order valence-corrected chi connectivity index (χ0v) is 11.6. The van der Waals surface area contributed by atoms with Crippen LogP contribution in [-0.4, -0.2) is 18.0 Å². The Morgan fingerprint density at radius 3 is 2.56 bits per heavy atom. The van der Waals surface area contributed by atoms with Gasteiger partial charge in [-0.2, -0.15) is 0 Å². The fourth-order valence-corrected chi connectivity index (χ4v) is 3.68. The Kier molecular flexibility index (Phi) is 3.01. The molecule has 1 aliphatic carbocycles. The van der Waals surface area contributed by atoms with Crippen molar-refractivity contribution < 1.29 is 4.92 Å². The molecule has 0 radical (unpaired) electrons. The summed E-state index contributed by atoms with van der Waals surface area (Å²) in [6, 6.07) is 5.20. The summed E-state index contributed by atoms with van der Waals surface area (Å²) in [5.41, 5.74) is 0.988. The average Bonchev–Trinajstić information content (AvgIpc) is 2.88. The molecule has 1 aromatic carbocycles. The second-order valence-electron chi connectivity index (χ2n) is 5.25. The van der Waals surface area contributed by atoms with Crippen LogP contribution in [0.15, 0.2) is 22.7 Å². The number of nitrogens with zero attached hydrogens (tertiary/aromatic N) is 2. The third-order valence-electron chi connectivity index (χ3n) is 4.20. The van der Waals surface area contributed by atoms with Crippen LogP contribution in [0, 0.1) is 22.0 Å². The molecule has 96 valence electrons. The van der Waals surface area contributed by atoms with E-state index in [1.54, 1.807) is 12.1 Å². The van der Waals surface area contributed by atoms with Crippen molar-refractivity contribution in [2.24, 2.45) is 11.8 Å². The molecule has 1 heterocycles. The SMILES string of the molecule is O=[N+]([O-])c1ccc(Br)cc1N1CC2CCCC2C1. The molecule has 0 bridgehead atoms. The van der Waals surface area contributed by atoms with Crippen LogP contribution in [0.25, 0.3) is 0 Å². The zero-order chi connectivity index (χ0) is 12.7. The van der Waals surface area contributed by atoms with Gasteiger partial charge in [-0.1, -0.05) is 22.4 Å². The van der Waals surface area contributed by atoms with Crippen molar-refractivity contribution in [3.8, 4) is 0 Å². The lowest BCUT2D eigenvalue weighted by Gasteiger charge is -2.19. The molecule has 3 rings (SSSR count). The number of nitro groups is 1. The van der Waals surface area contributed by atoms with Crippen LogP contribution in [-0.2, 0) is 0 Å². The second-order valence-corrected chi connectivity index (χ2v) is 6.16. The molecule has 0 spiro atoms. The molecule has 2 unspecified atom stereocenters. The summed E-state index contributed by atoms with van der Waals surface area (Å²) in [7, 11) is 0. The first kappa shape index (κ1) is 12.0. The van der Waals surface area contributed by atoms with Gasteiger partial charge in [0.2, 0.25) is 0 Å². The minimum absolute atomic E-state index is 0.221. The Labute approximate surface area is 114 Å². The molecule has 0 amide bonds. The van der Waals surface area contributed by atoms with Gasteiger partial charge in [0.25, 0.3) is 5.69 Å². The van der Waals surface area contributed by atoms with E-state index in [9.17, 15) is 10.1 Å². The average molecular weight is 311 g/mol. The largest absolute Gasteiger partial charge is 0.365 e. The van der Waals surface area contributed by atoms with Gasteiger partial charge in [0, 0.05) is 23.6 Å². The van der Waals surface area contributed by atoms with E-state index >= 15 is 0 Å². The molecular formula is C13H15BrN2O2. The molecule has 1 saturated carbocycles. The van der Waals surface area contributed by atoms with E-state index in [1.807, 2.05) is 6.07 Å². The summed E-state index contributed by atoms with van der Waals surface area (Å²) < 4.78 is 0.903. The van der Waals surface area contributed by atoms with Gasteiger partial charge < -0.3 is 4.90 Å². The maximum Gasteiger partial charge on any atom is 0.292 e. The van der Waals surface area contributed by atoms with E-state index in [0.29, 0.717) is 0 Å². The predicted octanol–water partition coefficient (Wildman–Crippen LogP) is 3.59. The number of halogens is 1. The van der Waals surface area contributed by atoms with Gasteiger partial charge in [0.1, 0.15) is 5.69 Å². The summed E-state index contributed by atoms with van der Waals surface area (Å²) >= 11 is 3.40. The highest BCUT2D eigenvalue weighted by Gasteiger charge is 2.37. The van der Waals surface area contributed by atoms with Gasteiger partial charge in [0.05, 0.1) is 4.92 Å². The molecule has 0 aromatic heterocycles. The highest BCUT2D eigenvalue weighted by Crippen LogP contribution is 2.42. The molecule has 2 atom stereocenters. The van der Waals surface area contributed by atoms with Gasteiger partial charge in [-0.05, 0) is 36.8 Å². The molecule has 18 heavy (non-hydrogen) atoms. The van der Waals surface area contributed by atoms with Crippen LogP contribution < -0.4 is 4.90 Å². The zero-order valence-electron chi connectivity index (χ0n) is 10.0. The molecule has 5 heteroatoms. The van der Waals surface area contributed by atoms with E-state index < -0.39 is 0 Å². The van der Waals surface area contributed by atoms with Gasteiger partial charge in [-0.15, -0.1) is 0 Å². The molecule has 0 N–H and O–H groups in total. The van der Waals surface area contributed by atoms with Crippen LogP contribution in [0.2, 0.25) is 0 Å². The van der Waals surface area contributed by atoms with Crippen molar-refractivity contribution in [1.29, 1.82) is 0 Å². The Morgan fingerprint density at radius 1 is 1.28 bits per heavy atom. The summed E-state index contributed by atoms with van der Waals surface area (Å²) in [4.78, 5) is 13.0. The molecule has 1 saturated heterocycles. The second kappa shape index (κ2) is 4.53. The smallest absolute Gasteiger partial charge is 0.292 e. The van der Waals surface area contributed by atoms with Gasteiger partial charge in [-0.3, -0.25) is 10.1 Å². The monoisotopic (exact) mass is 310 g/mol. The van der Waals surface area contributed by atoms with E-state index in [4.69, 9.17) is 0 Å². The Balaban J connectivity index is 1.92. The predicted molar refractivity (Wildman–Crippen MR) is 73.8 cm³/mol. The molecule has 1 aromatic rings. The maximum atomic E-state index is 11.1. The summed E-state index contributed by atoms with van der Waals surface area (Å²) in [5, 5.41) is 11.1. The number of hydrogen-bond donors (Lipinski definition) is 0. The Hall–Kier alpha value is -1.10. The van der Waals surface area contributed by atoms with Crippen LogP contribution >= 0.6 is 15.9 Å². The molecule has 4 nitrogen and oxygen atoms in total. The fourth-order valence-electron chi connectivity index (χ4n) is 3.34. The van der Waals surface area contributed by atoms with Crippen LogP contribution in [0.5, 0.6) is 0 Å². The molecule has 2 fully saturated rings. The van der Waals surface area contributed by atoms with Crippen molar-refractivity contribution >= 4 is 27.3 Å². The molecular weight excluding hydrogens is 296 g/mol. The van der Waals surface area contributed by atoms with Crippen LogP contribution in [0.3, 0.4) is 0 Å². The third-order valence-corrected chi connectivity index (χ3v) is 4.69. The minimum Gasteiger partial charge on any atom is -0.365 e.